The molecule has 0 heterocycles. The van der Waals surface area contributed by atoms with Gasteiger partial charge in [0, 0.05) is 0 Å². The molecule has 0 saturated carbocycles. The number of carbonyl (C=O) groups excluding carboxylic acids is 1. The summed E-state index contributed by atoms with van der Waals surface area (Å²) in [6.45, 7) is 3.74. The molecule has 0 radical (unpaired) electrons. The summed E-state index contributed by atoms with van der Waals surface area (Å²) >= 11 is 5.97. The molecule has 13 heavy (non-hydrogen) atoms. The van der Waals surface area contributed by atoms with Crippen LogP contribution in [0.15, 0.2) is 6.07 Å². The number of benzene rings is 1. The molecule has 0 saturated heterocycles. The summed E-state index contributed by atoms with van der Waals surface area (Å²) in [5.41, 5.74) is 2.33. The summed E-state index contributed by atoms with van der Waals surface area (Å²) in [6.07, 6.45) is 0.763. The minimum Gasteiger partial charge on any atom is -0.494 e. The van der Waals surface area contributed by atoms with Crippen molar-refractivity contribution in [2.24, 2.45) is 0 Å². The molecule has 2 nitrogen and oxygen atoms in total. The molecule has 0 aliphatic rings. The number of halogens is 1. The molecule has 0 aliphatic carbocycles. The van der Waals surface area contributed by atoms with Gasteiger partial charge < -0.3 is 4.74 Å². The Morgan fingerprint density at radius 2 is 2.00 bits per heavy atom. The van der Waals surface area contributed by atoms with Crippen molar-refractivity contribution in [3.63, 3.8) is 0 Å². The number of aryl methyl sites for hydroxylation is 2. The largest absolute Gasteiger partial charge is 0.494 e. The first-order valence-corrected chi connectivity index (χ1v) is 4.28. The molecular weight excluding hydrogens is 188 g/mol. The fraction of sp³-hybridized carbons (Fsp3) is 0.300. The average molecular weight is 199 g/mol. The molecule has 0 amide bonds. The zero-order valence-corrected chi connectivity index (χ0v) is 8.61. The lowest BCUT2D eigenvalue weighted by atomic mass is 10.1. The highest BCUT2D eigenvalue weighted by Gasteiger charge is 2.12. The van der Waals surface area contributed by atoms with Gasteiger partial charge in [-0.25, -0.2) is 0 Å². The van der Waals surface area contributed by atoms with Gasteiger partial charge >= 0.3 is 0 Å². The fourth-order valence-electron chi connectivity index (χ4n) is 1.29. The predicted octanol–water partition coefficient (Wildman–Crippen LogP) is 2.78. The Bertz CT molecular complexity index is 345. The summed E-state index contributed by atoms with van der Waals surface area (Å²) < 4.78 is 5.07. The first-order valence-electron chi connectivity index (χ1n) is 3.90. The monoisotopic (exact) mass is 198 g/mol. The van der Waals surface area contributed by atoms with Gasteiger partial charge in [0.05, 0.1) is 17.7 Å². The van der Waals surface area contributed by atoms with Gasteiger partial charge in [0.15, 0.2) is 6.29 Å². The Kier molecular flexibility index (Phi) is 2.94. The minimum atomic E-state index is 0.467. The molecule has 0 fully saturated rings. The second-order valence-corrected chi connectivity index (χ2v) is 3.27. The second-order valence-electron chi connectivity index (χ2n) is 2.89. The molecule has 0 aliphatic heterocycles. The van der Waals surface area contributed by atoms with Gasteiger partial charge in [-0.2, -0.15) is 0 Å². The van der Waals surface area contributed by atoms with Crippen molar-refractivity contribution in [2.75, 3.05) is 7.11 Å². The van der Waals surface area contributed by atoms with Crippen molar-refractivity contribution in [2.45, 2.75) is 13.8 Å². The number of methoxy groups -OCH3 is 1. The van der Waals surface area contributed by atoms with Crippen LogP contribution in [-0.4, -0.2) is 13.4 Å². The van der Waals surface area contributed by atoms with Gasteiger partial charge in [-0.1, -0.05) is 17.7 Å². The predicted molar refractivity (Wildman–Crippen MR) is 52.9 cm³/mol. The van der Waals surface area contributed by atoms with E-state index in [4.69, 9.17) is 16.3 Å². The van der Waals surface area contributed by atoms with Crippen molar-refractivity contribution in [1.82, 2.24) is 0 Å². The summed E-state index contributed by atoms with van der Waals surface area (Å²) in [6, 6.07) is 1.87. The van der Waals surface area contributed by atoms with Crippen LogP contribution < -0.4 is 4.74 Å². The van der Waals surface area contributed by atoms with E-state index < -0.39 is 0 Å². The van der Waals surface area contributed by atoms with Crippen LogP contribution in [0.25, 0.3) is 0 Å². The standard InChI is InChI=1S/C10H11ClO2/c1-6-4-7(2)9(11)10(13-3)8(6)5-12/h4-5H,1-3H3. The van der Waals surface area contributed by atoms with Crippen molar-refractivity contribution in [3.8, 4) is 5.75 Å². The zero-order valence-electron chi connectivity index (χ0n) is 7.85. The average Bonchev–Trinajstić information content (AvgIpc) is 2.10. The molecule has 70 valence electrons. The molecule has 0 aromatic heterocycles. The maximum Gasteiger partial charge on any atom is 0.154 e. The van der Waals surface area contributed by atoms with E-state index in [1.54, 1.807) is 0 Å². The highest BCUT2D eigenvalue weighted by molar-refractivity contribution is 6.33. The van der Waals surface area contributed by atoms with E-state index >= 15 is 0 Å². The quantitative estimate of drug-likeness (QED) is 0.684. The smallest absolute Gasteiger partial charge is 0.154 e. The number of ether oxygens (including phenoxy) is 1. The van der Waals surface area contributed by atoms with Crippen LogP contribution in [0.1, 0.15) is 21.5 Å². The number of carbonyl (C=O) groups is 1. The van der Waals surface area contributed by atoms with Crippen LogP contribution in [0.3, 0.4) is 0 Å². The van der Waals surface area contributed by atoms with Gasteiger partial charge in [-0.3, -0.25) is 4.79 Å². The van der Waals surface area contributed by atoms with Crippen LogP contribution >= 0.6 is 11.6 Å². The number of aldehydes is 1. The van der Waals surface area contributed by atoms with E-state index in [0.29, 0.717) is 16.3 Å². The molecule has 0 bridgehead atoms. The summed E-state index contributed by atoms with van der Waals surface area (Å²) in [4.78, 5) is 10.7. The van der Waals surface area contributed by atoms with Crippen molar-refractivity contribution < 1.29 is 9.53 Å². The first kappa shape index (κ1) is 10.1. The summed E-state index contributed by atoms with van der Waals surface area (Å²) in [5, 5.41) is 0.509. The lowest BCUT2D eigenvalue weighted by Gasteiger charge is -2.10. The van der Waals surface area contributed by atoms with Crippen LogP contribution in [0.2, 0.25) is 5.02 Å². The molecule has 0 N–H and O–H groups in total. The van der Waals surface area contributed by atoms with Crippen LogP contribution in [0, 0.1) is 13.8 Å². The SMILES string of the molecule is COc1c(Cl)c(C)cc(C)c1C=O. The lowest BCUT2D eigenvalue weighted by molar-refractivity contribution is 0.112. The Morgan fingerprint density at radius 1 is 1.38 bits per heavy atom. The van der Waals surface area contributed by atoms with Gasteiger partial charge in [-0.05, 0) is 25.0 Å². The van der Waals surface area contributed by atoms with Gasteiger partial charge in [-0.15, -0.1) is 0 Å². The van der Waals surface area contributed by atoms with E-state index in [9.17, 15) is 4.79 Å². The van der Waals surface area contributed by atoms with Gasteiger partial charge in [0.25, 0.3) is 0 Å². The Hall–Kier alpha value is -1.02. The van der Waals surface area contributed by atoms with Gasteiger partial charge in [0.2, 0.25) is 0 Å². The van der Waals surface area contributed by atoms with Crippen molar-refractivity contribution in [3.05, 3.63) is 27.8 Å². The number of rotatable bonds is 2. The molecular formula is C10H11ClO2. The lowest BCUT2D eigenvalue weighted by Crippen LogP contribution is -1.96. The number of hydrogen-bond acceptors (Lipinski definition) is 2. The minimum absolute atomic E-state index is 0.467. The third-order valence-corrected chi connectivity index (χ3v) is 2.44. The van der Waals surface area contributed by atoms with Crippen molar-refractivity contribution >= 4 is 17.9 Å². The normalized spacial score (nSPS) is 9.85. The Labute approximate surface area is 82.5 Å². The Balaban J connectivity index is 3.50. The van der Waals surface area contributed by atoms with E-state index in [-0.39, 0.29) is 0 Å². The van der Waals surface area contributed by atoms with E-state index in [1.165, 1.54) is 7.11 Å². The highest BCUT2D eigenvalue weighted by Crippen LogP contribution is 2.32. The van der Waals surface area contributed by atoms with E-state index in [2.05, 4.69) is 0 Å². The van der Waals surface area contributed by atoms with E-state index in [1.807, 2.05) is 19.9 Å². The molecule has 1 aromatic carbocycles. The third-order valence-electron chi connectivity index (χ3n) is 1.97. The molecule has 3 heteroatoms. The second kappa shape index (κ2) is 3.79. The molecule has 1 aromatic rings. The molecule has 0 atom stereocenters. The van der Waals surface area contributed by atoms with Crippen molar-refractivity contribution in [1.29, 1.82) is 0 Å². The molecule has 0 spiro atoms. The maximum atomic E-state index is 10.7. The highest BCUT2D eigenvalue weighted by atomic mass is 35.5. The third kappa shape index (κ3) is 1.68. The van der Waals surface area contributed by atoms with Crippen LogP contribution in [-0.2, 0) is 0 Å². The summed E-state index contributed by atoms with van der Waals surface area (Å²) in [7, 11) is 1.51. The van der Waals surface area contributed by atoms with E-state index in [0.717, 1.165) is 17.4 Å². The Morgan fingerprint density at radius 3 is 2.46 bits per heavy atom. The topological polar surface area (TPSA) is 26.3 Å². The maximum absolute atomic E-state index is 10.7. The molecule has 1 rings (SSSR count). The zero-order chi connectivity index (χ0) is 10.0. The number of hydrogen-bond donors (Lipinski definition) is 0. The fourth-order valence-corrected chi connectivity index (χ4v) is 1.52. The van der Waals surface area contributed by atoms with Crippen LogP contribution in [0.5, 0.6) is 5.75 Å². The van der Waals surface area contributed by atoms with Gasteiger partial charge in [0.1, 0.15) is 5.75 Å². The van der Waals surface area contributed by atoms with Crippen LogP contribution in [0.4, 0.5) is 0 Å². The molecule has 0 unspecified atom stereocenters. The first-order chi connectivity index (χ1) is 6.11. The summed E-state index contributed by atoms with van der Waals surface area (Å²) in [5.74, 6) is 0.467.